The highest BCUT2D eigenvalue weighted by molar-refractivity contribution is 5.94. The second kappa shape index (κ2) is 14.4. The Hall–Kier alpha value is -2.73. The van der Waals surface area contributed by atoms with Crippen LogP contribution in [0.1, 0.15) is 53.4 Å². The molecule has 0 saturated carbocycles. The molecule has 0 fully saturated rings. The average molecular weight is 461 g/mol. The average Bonchev–Trinajstić information content (AvgIpc) is 2.75. The molecule has 0 aromatic rings. The molecular formula is C20H36N4O8. The first-order valence-corrected chi connectivity index (χ1v) is 10.6. The number of carbonyl (C=O) groups excluding carboxylic acids is 3. The Kier molecular flexibility index (Phi) is 13.1. The lowest BCUT2D eigenvalue weighted by molar-refractivity contribution is -0.144. The second-order valence-electron chi connectivity index (χ2n) is 7.86. The molecule has 6 atom stereocenters. The summed E-state index contributed by atoms with van der Waals surface area (Å²) in [5, 5.41) is 34.1. The van der Waals surface area contributed by atoms with E-state index in [4.69, 9.17) is 21.1 Å². The molecule has 184 valence electrons. The fraction of sp³-hybridized carbons (Fsp3) is 0.750. The molecule has 0 radical (unpaired) electrons. The largest absolute Gasteiger partial charge is 0.481 e. The molecule has 0 spiro atoms. The summed E-state index contributed by atoms with van der Waals surface area (Å²) in [6, 6.07) is -4.90. The van der Waals surface area contributed by atoms with Crippen LogP contribution in [0.5, 0.6) is 0 Å². The molecule has 3 amide bonds. The summed E-state index contributed by atoms with van der Waals surface area (Å²) < 4.78 is 0. The molecule has 0 aliphatic carbocycles. The van der Waals surface area contributed by atoms with Gasteiger partial charge in [-0.25, -0.2) is 4.79 Å². The molecule has 8 N–H and O–H groups in total. The van der Waals surface area contributed by atoms with Crippen molar-refractivity contribution in [3.8, 4) is 0 Å². The number of aliphatic carboxylic acids is 2. The number of carboxylic acid groups (broad SMARTS) is 2. The fourth-order valence-electron chi connectivity index (χ4n) is 2.72. The Morgan fingerprint density at radius 3 is 1.78 bits per heavy atom. The number of nitrogens with two attached hydrogens (primary N) is 1. The summed E-state index contributed by atoms with van der Waals surface area (Å²) in [6.45, 7) is 6.31. The zero-order valence-corrected chi connectivity index (χ0v) is 19.0. The summed E-state index contributed by atoms with van der Waals surface area (Å²) in [7, 11) is 0. The van der Waals surface area contributed by atoms with Gasteiger partial charge in [-0.1, -0.05) is 40.5 Å². The third-order valence-corrected chi connectivity index (χ3v) is 5.43. The number of nitrogens with one attached hydrogen (secondary N) is 3. The Bertz CT molecular complexity index is 672. The van der Waals surface area contributed by atoms with E-state index in [2.05, 4.69) is 16.0 Å². The summed E-state index contributed by atoms with van der Waals surface area (Å²) in [4.78, 5) is 59.9. The maximum Gasteiger partial charge on any atom is 0.328 e. The number of amides is 3. The Labute approximate surface area is 187 Å². The zero-order valence-electron chi connectivity index (χ0n) is 19.0. The smallest absolute Gasteiger partial charge is 0.328 e. The number of hydrogen-bond donors (Lipinski definition) is 7. The number of hydrogen-bond acceptors (Lipinski definition) is 7. The van der Waals surface area contributed by atoms with Crippen LogP contribution in [-0.4, -0.2) is 75.8 Å². The van der Waals surface area contributed by atoms with Crippen molar-refractivity contribution in [1.82, 2.24) is 16.0 Å². The highest BCUT2D eigenvalue weighted by Gasteiger charge is 2.33. The Morgan fingerprint density at radius 2 is 1.34 bits per heavy atom. The molecule has 0 aliphatic rings. The van der Waals surface area contributed by atoms with E-state index in [0.29, 0.717) is 12.8 Å². The molecule has 12 nitrogen and oxygen atoms in total. The van der Waals surface area contributed by atoms with Crippen LogP contribution in [0, 0.1) is 11.8 Å². The lowest BCUT2D eigenvalue weighted by Gasteiger charge is -2.28. The lowest BCUT2D eigenvalue weighted by atomic mass is 9.95. The summed E-state index contributed by atoms with van der Waals surface area (Å²) >= 11 is 0. The third kappa shape index (κ3) is 9.60. The molecule has 12 heteroatoms. The first-order chi connectivity index (χ1) is 14.9. The Morgan fingerprint density at radius 1 is 0.812 bits per heavy atom. The molecule has 0 bridgehead atoms. The van der Waals surface area contributed by atoms with Crippen molar-refractivity contribution in [3.05, 3.63) is 0 Å². The van der Waals surface area contributed by atoms with E-state index in [1.807, 2.05) is 6.92 Å². The highest BCUT2D eigenvalue weighted by Crippen LogP contribution is 2.12. The van der Waals surface area contributed by atoms with Gasteiger partial charge in [-0.15, -0.1) is 0 Å². The minimum Gasteiger partial charge on any atom is -0.481 e. The van der Waals surface area contributed by atoms with E-state index in [1.54, 1.807) is 20.8 Å². The molecule has 0 aromatic carbocycles. The summed E-state index contributed by atoms with van der Waals surface area (Å²) in [5.41, 5.74) is 5.94. The van der Waals surface area contributed by atoms with Crippen LogP contribution in [0.25, 0.3) is 0 Å². The standard InChI is InChI=1S/C20H36N4O8/c1-5-10(3)15(21)18(29)24-16(11(4)6-2)19(30)22-12(7-8-14(26)27)17(28)23-13(9-25)20(31)32/h10-13,15-16,25H,5-9,21H2,1-4H3,(H,22,30)(H,23,28)(H,24,29)(H,26,27)(H,31,32). The van der Waals surface area contributed by atoms with Gasteiger partial charge >= 0.3 is 11.9 Å². The normalized spacial score (nSPS) is 16.6. The molecule has 6 unspecified atom stereocenters. The minimum absolute atomic E-state index is 0.129. The van der Waals surface area contributed by atoms with Crippen LogP contribution in [0.3, 0.4) is 0 Å². The molecule has 0 aromatic heterocycles. The van der Waals surface area contributed by atoms with Crippen LogP contribution in [0.4, 0.5) is 0 Å². The van der Waals surface area contributed by atoms with Crippen LogP contribution >= 0.6 is 0 Å². The molecule has 0 rings (SSSR count). The third-order valence-electron chi connectivity index (χ3n) is 5.43. The zero-order chi connectivity index (χ0) is 25.0. The van der Waals surface area contributed by atoms with E-state index >= 15 is 0 Å². The van der Waals surface area contributed by atoms with Crippen molar-refractivity contribution < 1.29 is 39.3 Å². The van der Waals surface area contributed by atoms with Crippen molar-refractivity contribution >= 4 is 29.7 Å². The van der Waals surface area contributed by atoms with Crippen molar-refractivity contribution in [2.75, 3.05) is 6.61 Å². The first kappa shape index (κ1) is 29.3. The van der Waals surface area contributed by atoms with E-state index in [-0.39, 0.29) is 18.3 Å². The van der Waals surface area contributed by atoms with Crippen LogP contribution in [-0.2, 0) is 24.0 Å². The number of carbonyl (C=O) groups is 5. The van der Waals surface area contributed by atoms with Crippen molar-refractivity contribution in [1.29, 1.82) is 0 Å². The molecule has 0 heterocycles. The summed E-state index contributed by atoms with van der Waals surface area (Å²) in [6.07, 6.45) is 0.364. The summed E-state index contributed by atoms with van der Waals surface area (Å²) in [5.74, 6) is -5.41. The SMILES string of the molecule is CCC(C)C(N)C(=O)NC(C(=O)NC(CCC(=O)O)C(=O)NC(CO)C(=O)O)C(C)CC. The fourth-order valence-corrected chi connectivity index (χ4v) is 2.72. The first-order valence-electron chi connectivity index (χ1n) is 10.6. The van der Waals surface area contributed by atoms with Gasteiger partial charge in [-0.3, -0.25) is 19.2 Å². The van der Waals surface area contributed by atoms with Gasteiger partial charge in [-0.05, 0) is 18.3 Å². The predicted molar refractivity (Wildman–Crippen MR) is 114 cm³/mol. The van der Waals surface area contributed by atoms with E-state index in [0.717, 1.165) is 0 Å². The molecule has 0 saturated heterocycles. The van der Waals surface area contributed by atoms with Gasteiger partial charge in [0.1, 0.15) is 18.1 Å². The molecule has 32 heavy (non-hydrogen) atoms. The maximum atomic E-state index is 12.9. The van der Waals surface area contributed by atoms with E-state index in [1.165, 1.54) is 0 Å². The van der Waals surface area contributed by atoms with Gasteiger partial charge in [0.05, 0.1) is 12.6 Å². The molecule has 0 aliphatic heterocycles. The van der Waals surface area contributed by atoms with Crippen LogP contribution < -0.4 is 21.7 Å². The monoisotopic (exact) mass is 460 g/mol. The van der Waals surface area contributed by atoms with Crippen molar-refractivity contribution in [2.24, 2.45) is 17.6 Å². The van der Waals surface area contributed by atoms with Gasteiger partial charge in [0.2, 0.25) is 17.7 Å². The van der Waals surface area contributed by atoms with Gasteiger partial charge in [0.25, 0.3) is 0 Å². The second-order valence-corrected chi connectivity index (χ2v) is 7.86. The number of rotatable bonds is 15. The van der Waals surface area contributed by atoms with Crippen LogP contribution in [0.15, 0.2) is 0 Å². The number of carboxylic acids is 2. The predicted octanol–water partition coefficient (Wildman–Crippen LogP) is -1.20. The van der Waals surface area contributed by atoms with Crippen LogP contribution in [0.2, 0.25) is 0 Å². The van der Waals surface area contributed by atoms with E-state index < -0.39 is 66.9 Å². The molecular weight excluding hydrogens is 424 g/mol. The Balaban J connectivity index is 5.57. The van der Waals surface area contributed by atoms with Gasteiger partial charge in [0, 0.05) is 6.42 Å². The van der Waals surface area contributed by atoms with Crippen molar-refractivity contribution in [3.63, 3.8) is 0 Å². The van der Waals surface area contributed by atoms with E-state index in [9.17, 15) is 24.0 Å². The van der Waals surface area contributed by atoms with Gasteiger partial charge in [-0.2, -0.15) is 0 Å². The van der Waals surface area contributed by atoms with Gasteiger partial charge in [0.15, 0.2) is 0 Å². The topological polar surface area (TPSA) is 208 Å². The van der Waals surface area contributed by atoms with Crippen molar-refractivity contribution in [2.45, 2.75) is 77.5 Å². The number of aliphatic hydroxyl groups is 1. The van der Waals surface area contributed by atoms with Gasteiger partial charge < -0.3 is 37.0 Å². The maximum absolute atomic E-state index is 12.9. The quantitative estimate of drug-likeness (QED) is 0.156. The number of aliphatic hydroxyl groups excluding tert-OH is 1. The highest BCUT2D eigenvalue weighted by atomic mass is 16.4. The lowest BCUT2D eigenvalue weighted by Crippen LogP contribution is -2.59. The minimum atomic E-state index is -1.62.